The molecule has 2 fully saturated rings. The number of rotatable bonds is 9. The molecule has 176 valence electrons. The first-order valence-electron chi connectivity index (χ1n) is 10.2. The minimum Gasteiger partial charge on any atom is -0.493 e. The smallest absolute Gasteiger partial charge is 0.263 e. The van der Waals surface area contributed by atoms with E-state index in [0.29, 0.717) is 36.2 Å². The lowest BCUT2D eigenvalue weighted by Gasteiger charge is -2.22. The summed E-state index contributed by atoms with van der Waals surface area (Å²) in [6.07, 6.45) is 3.46. The number of amidine groups is 1. The average Bonchev–Trinajstić information content (AvgIpc) is 3.26. The quantitative estimate of drug-likeness (QED) is 0.314. The molecule has 1 aromatic rings. The summed E-state index contributed by atoms with van der Waals surface area (Å²) in [6, 6.07) is 7.21. The molecule has 11 heteroatoms. The molecule has 0 radical (unpaired) electrons. The predicted octanol–water partition coefficient (Wildman–Crippen LogP) is 1.53. The number of methoxy groups -OCH3 is 2. The van der Waals surface area contributed by atoms with E-state index in [0.717, 1.165) is 5.56 Å². The highest BCUT2D eigenvalue weighted by Gasteiger charge is 2.48. The number of nitrogens with one attached hydrogen (secondary N) is 1. The van der Waals surface area contributed by atoms with Crippen molar-refractivity contribution in [1.82, 2.24) is 10.2 Å². The third-order valence-corrected chi connectivity index (χ3v) is 8.58. The first-order valence-corrected chi connectivity index (χ1v) is 12.9. The summed E-state index contributed by atoms with van der Waals surface area (Å²) in [7, 11) is 0.0469. The lowest BCUT2D eigenvalue weighted by atomic mass is 10.1. The zero-order chi connectivity index (χ0) is 24.0. The lowest BCUT2D eigenvalue weighted by molar-refractivity contribution is -0.117. The van der Waals surface area contributed by atoms with Crippen LogP contribution in [0.5, 0.6) is 11.5 Å². The molecule has 0 spiro atoms. The van der Waals surface area contributed by atoms with Gasteiger partial charge in [0.1, 0.15) is 11.6 Å². The molecule has 0 bridgehead atoms. The molecule has 2 saturated heterocycles. The van der Waals surface area contributed by atoms with Crippen LogP contribution in [-0.4, -0.2) is 74.5 Å². The highest BCUT2D eigenvalue weighted by molar-refractivity contribution is 8.15. The number of thioether (sulfide) groups is 1. The molecule has 1 aromatic carbocycles. The number of carbonyl (C=O) groups is 1. The number of sulfone groups is 1. The minimum atomic E-state index is -3.07. The summed E-state index contributed by atoms with van der Waals surface area (Å²) in [4.78, 5) is 18.7. The van der Waals surface area contributed by atoms with E-state index in [2.05, 4.69) is 16.9 Å². The largest absolute Gasteiger partial charge is 0.493 e. The number of ether oxygens (including phenoxy) is 2. The van der Waals surface area contributed by atoms with Gasteiger partial charge in [0.25, 0.3) is 5.91 Å². The highest BCUT2D eigenvalue weighted by atomic mass is 32.2. The Hall–Kier alpha value is -2.97. The van der Waals surface area contributed by atoms with Crippen molar-refractivity contribution in [1.29, 1.82) is 5.26 Å². The average molecular weight is 491 g/mol. The molecule has 0 aromatic heterocycles. The molecule has 2 aliphatic rings. The van der Waals surface area contributed by atoms with Gasteiger partial charge in [-0.05, 0) is 24.1 Å². The van der Waals surface area contributed by atoms with Gasteiger partial charge < -0.3 is 19.7 Å². The molecular formula is C22H26N4O5S2. The minimum absolute atomic E-state index is 0.0724. The molecule has 1 N–H and O–H groups in total. The normalized spacial score (nSPS) is 22.5. The molecule has 9 nitrogen and oxygen atoms in total. The van der Waals surface area contributed by atoms with Crippen LogP contribution in [-0.2, 0) is 21.1 Å². The molecule has 3 rings (SSSR count). The van der Waals surface area contributed by atoms with Crippen LogP contribution in [0.4, 0.5) is 0 Å². The predicted molar refractivity (Wildman–Crippen MR) is 128 cm³/mol. The van der Waals surface area contributed by atoms with Crippen molar-refractivity contribution in [2.45, 2.75) is 17.7 Å². The van der Waals surface area contributed by atoms with Crippen molar-refractivity contribution in [3.8, 4) is 17.6 Å². The molecule has 1 amide bonds. The molecule has 2 heterocycles. The number of fused-ring (bicyclic) bond motifs is 1. The van der Waals surface area contributed by atoms with Crippen molar-refractivity contribution in [3.63, 3.8) is 0 Å². The number of hydrogen-bond acceptors (Lipinski definition) is 8. The summed E-state index contributed by atoms with van der Waals surface area (Å²) in [6.45, 7) is 4.49. The number of aliphatic imine (C=N–C) groups is 1. The standard InChI is InChI=1S/C22H26N4O5S2/c1-4-9-26-17-13-33(28,29)14-20(17)32-22(26)25-12-16(11-23)21(27)24-8-7-15-5-6-18(30-2)19(10-15)31-3/h4-6,10,12,17,20H,1,7-9,13-14H2,2-3H3,(H,24,27)/b16-12-,25-22?/t17-,20-/m0/s1. The van der Waals surface area contributed by atoms with E-state index in [9.17, 15) is 18.5 Å². The van der Waals surface area contributed by atoms with Crippen molar-refractivity contribution in [2.75, 3.05) is 38.8 Å². The van der Waals surface area contributed by atoms with E-state index < -0.39 is 15.7 Å². The number of hydrogen-bond donors (Lipinski definition) is 1. The number of nitriles is 1. The highest BCUT2D eigenvalue weighted by Crippen LogP contribution is 2.38. The Bertz CT molecular complexity index is 1120. The Morgan fingerprint density at radius 3 is 2.79 bits per heavy atom. The van der Waals surface area contributed by atoms with E-state index in [1.807, 2.05) is 23.1 Å². The molecule has 2 aliphatic heterocycles. The SMILES string of the molecule is C=CCN1C(=N/C=C(/C#N)C(=O)NCCc2ccc(OC)c(OC)c2)S[C@H]2CS(=O)(=O)C[C@@H]21. The van der Waals surface area contributed by atoms with Gasteiger partial charge in [-0.1, -0.05) is 23.9 Å². The topological polar surface area (TPSA) is 121 Å². The Balaban J connectivity index is 1.63. The second-order valence-corrected chi connectivity index (χ2v) is 10.9. The second-order valence-electron chi connectivity index (χ2n) is 7.50. The molecular weight excluding hydrogens is 464 g/mol. The third kappa shape index (κ3) is 5.89. The van der Waals surface area contributed by atoms with E-state index in [-0.39, 0.29) is 28.4 Å². The first-order chi connectivity index (χ1) is 15.8. The van der Waals surface area contributed by atoms with Crippen LogP contribution in [0.2, 0.25) is 0 Å². The molecule has 0 saturated carbocycles. The van der Waals surface area contributed by atoms with Crippen LogP contribution in [0.3, 0.4) is 0 Å². The Kier molecular flexibility index (Phi) is 8.05. The third-order valence-electron chi connectivity index (χ3n) is 5.32. The van der Waals surface area contributed by atoms with Gasteiger partial charge >= 0.3 is 0 Å². The van der Waals surface area contributed by atoms with Gasteiger partial charge in [0.2, 0.25) is 0 Å². The lowest BCUT2D eigenvalue weighted by Crippen LogP contribution is -2.37. The fourth-order valence-electron chi connectivity index (χ4n) is 3.71. The van der Waals surface area contributed by atoms with E-state index in [1.54, 1.807) is 26.4 Å². The van der Waals surface area contributed by atoms with Gasteiger partial charge in [-0.2, -0.15) is 5.26 Å². The molecule has 2 atom stereocenters. The summed E-state index contributed by atoms with van der Waals surface area (Å²) >= 11 is 1.36. The van der Waals surface area contributed by atoms with Crippen molar-refractivity contribution in [2.24, 2.45) is 4.99 Å². The summed E-state index contributed by atoms with van der Waals surface area (Å²) < 4.78 is 34.4. The molecule has 0 aliphatic carbocycles. The van der Waals surface area contributed by atoms with Crippen LogP contribution in [0, 0.1) is 11.3 Å². The fraction of sp³-hybridized carbons (Fsp3) is 0.409. The van der Waals surface area contributed by atoms with Crippen LogP contribution < -0.4 is 14.8 Å². The summed E-state index contributed by atoms with van der Waals surface area (Å²) in [5, 5.41) is 12.6. The van der Waals surface area contributed by atoms with Crippen LogP contribution in [0.1, 0.15) is 5.56 Å². The van der Waals surface area contributed by atoms with Crippen LogP contribution in [0.15, 0.2) is 47.6 Å². The number of amides is 1. The van der Waals surface area contributed by atoms with Crippen LogP contribution in [0.25, 0.3) is 0 Å². The zero-order valence-corrected chi connectivity index (χ0v) is 20.1. The molecule has 0 unspecified atom stereocenters. The number of benzene rings is 1. The van der Waals surface area contributed by atoms with Gasteiger partial charge in [0.05, 0.1) is 38.0 Å². The summed E-state index contributed by atoms with van der Waals surface area (Å²) in [5.41, 5.74) is 0.818. The monoisotopic (exact) mass is 490 g/mol. The van der Waals surface area contributed by atoms with Gasteiger partial charge in [-0.15, -0.1) is 6.58 Å². The van der Waals surface area contributed by atoms with E-state index in [4.69, 9.17) is 9.47 Å². The van der Waals surface area contributed by atoms with Crippen molar-refractivity contribution < 1.29 is 22.7 Å². The fourth-order valence-corrected chi connectivity index (χ4v) is 7.65. The van der Waals surface area contributed by atoms with Gasteiger partial charge in [0, 0.05) is 18.3 Å². The number of carbonyl (C=O) groups excluding carboxylic acids is 1. The summed E-state index contributed by atoms with van der Waals surface area (Å²) in [5.74, 6) is 0.869. The second kappa shape index (κ2) is 10.8. The Morgan fingerprint density at radius 1 is 1.36 bits per heavy atom. The Morgan fingerprint density at radius 2 is 2.12 bits per heavy atom. The maximum Gasteiger partial charge on any atom is 0.263 e. The van der Waals surface area contributed by atoms with Crippen LogP contribution >= 0.6 is 11.8 Å². The van der Waals surface area contributed by atoms with Crippen molar-refractivity contribution >= 4 is 32.7 Å². The maximum atomic E-state index is 12.4. The Labute approximate surface area is 198 Å². The van der Waals surface area contributed by atoms with Gasteiger partial charge in [0.15, 0.2) is 26.5 Å². The van der Waals surface area contributed by atoms with Gasteiger partial charge in [-0.25, -0.2) is 13.4 Å². The number of nitrogens with zero attached hydrogens (tertiary/aromatic N) is 3. The van der Waals surface area contributed by atoms with E-state index >= 15 is 0 Å². The van der Waals surface area contributed by atoms with E-state index in [1.165, 1.54) is 18.0 Å². The van der Waals surface area contributed by atoms with Gasteiger partial charge in [-0.3, -0.25) is 4.79 Å². The maximum absolute atomic E-state index is 12.4. The molecule has 33 heavy (non-hydrogen) atoms. The van der Waals surface area contributed by atoms with Crippen molar-refractivity contribution in [3.05, 3.63) is 48.2 Å². The zero-order valence-electron chi connectivity index (χ0n) is 18.5. The first kappa shape index (κ1) is 24.7.